The van der Waals surface area contributed by atoms with Crippen LogP contribution in [0, 0.1) is 45.1 Å². The Morgan fingerprint density at radius 1 is 1.42 bits per heavy atom. The molecule has 0 saturated heterocycles. The molecule has 0 aromatic rings. The maximum Gasteiger partial charge on any atom is 0.307 e. The summed E-state index contributed by atoms with van der Waals surface area (Å²) < 4.78 is 0. The minimum Gasteiger partial charge on any atom is -0.481 e. The van der Waals surface area contributed by atoms with Crippen LogP contribution < -0.4 is 0 Å². The van der Waals surface area contributed by atoms with Gasteiger partial charge in [0.05, 0.1) is 11.3 Å². The maximum atomic E-state index is 11.6. The van der Waals surface area contributed by atoms with E-state index in [1.165, 1.54) is 6.42 Å². The van der Waals surface area contributed by atoms with Crippen molar-refractivity contribution in [3.63, 3.8) is 0 Å². The van der Waals surface area contributed by atoms with E-state index in [0.717, 1.165) is 19.3 Å². The highest BCUT2D eigenvalue weighted by atomic mass is 16.6. The van der Waals surface area contributed by atoms with Crippen molar-refractivity contribution in [2.24, 2.45) is 35.0 Å². The highest BCUT2D eigenvalue weighted by molar-refractivity contribution is 5.71. The van der Waals surface area contributed by atoms with Gasteiger partial charge in [-0.1, -0.05) is 13.3 Å². The highest BCUT2D eigenvalue weighted by Crippen LogP contribution is 2.72. The zero-order chi connectivity index (χ0) is 13.8. The first-order chi connectivity index (χ1) is 9.00. The van der Waals surface area contributed by atoms with Gasteiger partial charge in [0.1, 0.15) is 0 Å². The number of aliphatic carboxylic acids is 1. The Morgan fingerprint density at radius 3 is 2.74 bits per heavy atom. The van der Waals surface area contributed by atoms with E-state index in [2.05, 4.69) is 0 Å². The normalized spacial score (nSPS) is 44.5. The SMILES string of the molecule is CCC(C(=O)O)C1(C[N+](=O)[O-])[C@@H]2C[C@@H]3CC[C@H]1[C@H]2C3. The number of carbonyl (C=O) groups is 1. The molecule has 3 rings (SSSR count). The van der Waals surface area contributed by atoms with Crippen molar-refractivity contribution < 1.29 is 14.8 Å². The summed E-state index contributed by atoms with van der Waals surface area (Å²) in [6.45, 7) is 1.71. The van der Waals surface area contributed by atoms with Crippen molar-refractivity contribution in [2.75, 3.05) is 6.54 Å². The molecule has 5 heteroatoms. The van der Waals surface area contributed by atoms with Crippen molar-refractivity contribution in [1.82, 2.24) is 0 Å². The highest BCUT2D eigenvalue weighted by Gasteiger charge is 2.71. The lowest BCUT2D eigenvalue weighted by Gasteiger charge is -2.60. The van der Waals surface area contributed by atoms with Crippen molar-refractivity contribution >= 4 is 5.97 Å². The van der Waals surface area contributed by atoms with Crippen molar-refractivity contribution in [3.05, 3.63) is 10.1 Å². The lowest BCUT2D eigenvalue weighted by atomic mass is 9.42. The third kappa shape index (κ3) is 1.56. The number of fused-ring (bicyclic) bond motifs is 1. The molecule has 0 heterocycles. The molecule has 0 amide bonds. The van der Waals surface area contributed by atoms with E-state index in [1.54, 1.807) is 0 Å². The predicted molar refractivity (Wildman–Crippen MR) is 68.1 cm³/mol. The van der Waals surface area contributed by atoms with Gasteiger partial charge in [-0.15, -0.1) is 0 Å². The van der Waals surface area contributed by atoms with E-state index in [-0.39, 0.29) is 23.3 Å². The fourth-order valence-corrected chi connectivity index (χ4v) is 5.80. The zero-order valence-corrected chi connectivity index (χ0v) is 11.2. The van der Waals surface area contributed by atoms with Crippen LogP contribution >= 0.6 is 0 Å². The first kappa shape index (κ1) is 12.9. The number of nitrogens with zero attached hydrogens (tertiary/aromatic N) is 1. The van der Waals surface area contributed by atoms with Crippen LogP contribution in [0.5, 0.6) is 0 Å². The van der Waals surface area contributed by atoms with E-state index in [0.29, 0.717) is 18.3 Å². The Bertz CT molecular complexity index is 416. The van der Waals surface area contributed by atoms with Gasteiger partial charge in [0.25, 0.3) is 0 Å². The van der Waals surface area contributed by atoms with E-state index in [9.17, 15) is 20.0 Å². The second-order valence-electron chi connectivity index (χ2n) is 6.69. The van der Waals surface area contributed by atoms with Crippen molar-refractivity contribution in [3.8, 4) is 0 Å². The number of carboxylic acids is 1. The molecule has 6 atom stereocenters. The van der Waals surface area contributed by atoms with Crippen LogP contribution in [-0.2, 0) is 4.79 Å². The molecular weight excluding hydrogens is 246 g/mol. The van der Waals surface area contributed by atoms with Gasteiger partial charge in [0.2, 0.25) is 6.54 Å². The average molecular weight is 267 g/mol. The minimum atomic E-state index is -0.835. The molecule has 3 fully saturated rings. The maximum absolute atomic E-state index is 11.6. The smallest absolute Gasteiger partial charge is 0.307 e. The van der Waals surface area contributed by atoms with E-state index in [4.69, 9.17) is 0 Å². The van der Waals surface area contributed by atoms with Gasteiger partial charge in [-0.3, -0.25) is 14.9 Å². The second-order valence-corrected chi connectivity index (χ2v) is 6.69. The summed E-state index contributed by atoms with van der Waals surface area (Å²) in [5.41, 5.74) is -0.556. The molecule has 2 bridgehead atoms. The van der Waals surface area contributed by atoms with Crippen LogP contribution in [0.15, 0.2) is 0 Å². The Kier molecular flexibility index (Phi) is 2.84. The van der Waals surface area contributed by atoms with E-state index >= 15 is 0 Å². The molecular formula is C14H21NO4. The number of hydrogen-bond acceptors (Lipinski definition) is 3. The molecule has 0 aromatic heterocycles. The van der Waals surface area contributed by atoms with Crippen molar-refractivity contribution in [2.45, 2.75) is 39.0 Å². The number of nitro groups is 1. The minimum absolute atomic E-state index is 0.142. The zero-order valence-electron chi connectivity index (χ0n) is 11.2. The fraction of sp³-hybridized carbons (Fsp3) is 0.929. The Balaban J connectivity index is 1.98. The summed E-state index contributed by atoms with van der Waals surface area (Å²) >= 11 is 0. The van der Waals surface area contributed by atoms with Crippen LogP contribution in [0.1, 0.15) is 39.0 Å². The van der Waals surface area contributed by atoms with Gasteiger partial charge in [-0.2, -0.15) is 0 Å². The molecule has 5 nitrogen and oxygen atoms in total. The molecule has 0 aliphatic heterocycles. The Morgan fingerprint density at radius 2 is 2.16 bits per heavy atom. The predicted octanol–water partition coefficient (Wildman–Crippen LogP) is 2.43. The van der Waals surface area contributed by atoms with Gasteiger partial charge < -0.3 is 5.11 Å². The molecule has 1 N–H and O–H groups in total. The van der Waals surface area contributed by atoms with Crippen molar-refractivity contribution in [1.29, 1.82) is 0 Å². The standard InChI is InChI=1S/C14H21NO4/c1-2-10(13(16)17)14(7-15(18)19)11-4-3-8-5-9(11)12(14)6-8/h8-12H,2-7H2,1H3,(H,16,17)/t8-,9-,10?,11+,12-,14?/m1/s1. The summed E-state index contributed by atoms with van der Waals surface area (Å²) in [5.74, 6) is 0.469. The van der Waals surface area contributed by atoms with Crippen LogP contribution in [0.3, 0.4) is 0 Å². The van der Waals surface area contributed by atoms with Crippen LogP contribution in [0.2, 0.25) is 0 Å². The topological polar surface area (TPSA) is 80.4 Å². The first-order valence-electron chi connectivity index (χ1n) is 7.35. The van der Waals surface area contributed by atoms with Gasteiger partial charge >= 0.3 is 5.97 Å². The molecule has 0 aromatic carbocycles. The van der Waals surface area contributed by atoms with Gasteiger partial charge in [0, 0.05) is 4.92 Å². The quantitative estimate of drug-likeness (QED) is 0.612. The van der Waals surface area contributed by atoms with E-state index < -0.39 is 17.3 Å². The summed E-state index contributed by atoms with van der Waals surface area (Å²) in [7, 11) is 0. The fourth-order valence-electron chi connectivity index (χ4n) is 5.80. The molecule has 3 saturated carbocycles. The van der Waals surface area contributed by atoms with Crippen LogP contribution in [-0.4, -0.2) is 22.5 Å². The molecule has 19 heavy (non-hydrogen) atoms. The summed E-state index contributed by atoms with van der Waals surface area (Å²) in [6, 6.07) is 0. The summed E-state index contributed by atoms with van der Waals surface area (Å²) in [6.07, 6.45) is 4.87. The lowest BCUT2D eigenvalue weighted by Crippen LogP contribution is -2.63. The Hall–Kier alpha value is -1.13. The van der Waals surface area contributed by atoms with Crippen LogP contribution in [0.4, 0.5) is 0 Å². The van der Waals surface area contributed by atoms with E-state index in [1.807, 2.05) is 6.92 Å². The van der Waals surface area contributed by atoms with Crippen LogP contribution in [0.25, 0.3) is 0 Å². The number of carboxylic acid groups (broad SMARTS) is 1. The third-order valence-corrected chi connectivity index (χ3v) is 6.25. The molecule has 3 aliphatic rings. The van der Waals surface area contributed by atoms with Gasteiger partial charge in [-0.25, -0.2) is 0 Å². The molecule has 0 spiro atoms. The Labute approximate surface area is 112 Å². The number of rotatable bonds is 5. The largest absolute Gasteiger partial charge is 0.481 e. The molecule has 106 valence electrons. The summed E-state index contributed by atoms with van der Waals surface area (Å²) in [4.78, 5) is 22.4. The lowest BCUT2D eigenvalue weighted by molar-refractivity contribution is -0.515. The first-order valence-corrected chi connectivity index (χ1v) is 7.35. The summed E-state index contributed by atoms with van der Waals surface area (Å²) in [5, 5.41) is 20.6. The monoisotopic (exact) mass is 267 g/mol. The van der Waals surface area contributed by atoms with Gasteiger partial charge in [-0.05, 0) is 49.4 Å². The molecule has 0 radical (unpaired) electrons. The average Bonchev–Trinajstić information content (AvgIpc) is 2.51. The molecule has 2 unspecified atom stereocenters. The third-order valence-electron chi connectivity index (χ3n) is 6.25. The second kappa shape index (κ2) is 4.18. The van der Waals surface area contributed by atoms with Gasteiger partial charge in [0.15, 0.2) is 0 Å². The molecule has 3 aliphatic carbocycles. The number of hydrogen-bond donors (Lipinski definition) is 1.